The first kappa shape index (κ1) is 16.5. The van der Waals surface area contributed by atoms with Gasteiger partial charge in [-0.3, -0.25) is 4.79 Å². The molecule has 0 aromatic carbocycles. The van der Waals surface area contributed by atoms with E-state index >= 15 is 0 Å². The second-order valence-electron chi connectivity index (χ2n) is 5.80. The number of rotatable bonds is 9. The second-order valence-corrected chi connectivity index (χ2v) is 5.80. The normalized spacial score (nSPS) is 18.2. The standard InChI is InChI=1S/C16H31NO2/c1-3-5-11-17-15(4-2)13-19-16(18)12-14-9-7-6-8-10-14/h14-15,17H,3-13H2,1-2H3. The summed E-state index contributed by atoms with van der Waals surface area (Å²) in [5.41, 5.74) is 0. The van der Waals surface area contributed by atoms with Crippen molar-refractivity contribution in [2.45, 2.75) is 77.7 Å². The minimum atomic E-state index is 0.00245. The lowest BCUT2D eigenvalue weighted by Crippen LogP contribution is -2.34. The molecule has 1 aliphatic carbocycles. The molecule has 0 aliphatic heterocycles. The maximum Gasteiger partial charge on any atom is 0.306 e. The van der Waals surface area contributed by atoms with E-state index in [0.29, 0.717) is 25.0 Å². The fourth-order valence-electron chi connectivity index (χ4n) is 2.68. The third-order valence-corrected chi connectivity index (χ3v) is 4.08. The van der Waals surface area contributed by atoms with Crippen LogP contribution in [0.2, 0.25) is 0 Å². The van der Waals surface area contributed by atoms with Gasteiger partial charge in [0.25, 0.3) is 0 Å². The molecule has 0 spiro atoms. The predicted octanol–water partition coefficient (Wildman–Crippen LogP) is 3.67. The van der Waals surface area contributed by atoms with Crippen LogP contribution in [-0.4, -0.2) is 25.2 Å². The lowest BCUT2D eigenvalue weighted by Gasteiger charge is -2.21. The van der Waals surface area contributed by atoms with Crippen molar-refractivity contribution < 1.29 is 9.53 Å². The Labute approximate surface area is 118 Å². The van der Waals surface area contributed by atoms with Crippen LogP contribution in [0.4, 0.5) is 0 Å². The highest BCUT2D eigenvalue weighted by Gasteiger charge is 2.18. The van der Waals surface area contributed by atoms with Gasteiger partial charge in [-0.05, 0) is 38.1 Å². The number of ether oxygens (including phenoxy) is 1. The van der Waals surface area contributed by atoms with Crippen LogP contribution in [0.15, 0.2) is 0 Å². The highest BCUT2D eigenvalue weighted by molar-refractivity contribution is 5.69. The van der Waals surface area contributed by atoms with Gasteiger partial charge in [-0.1, -0.05) is 39.5 Å². The minimum Gasteiger partial charge on any atom is -0.464 e. The van der Waals surface area contributed by atoms with Gasteiger partial charge in [0.05, 0.1) is 0 Å². The van der Waals surface area contributed by atoms with E-state index in [1.54, 1.807) is 0 Å². The Morgan fingerprint density at radius 2 is 2.00 bits per heavy atom. The van der Waals surface area contributed by atoms with Crippen LogP contribution in [0.25, 0.3) is 0 Å². The van der Waals surface area contributed by atoms with Gasteiger partial charge in [0, 0.05) is 12.5 Å². The zero-order valence-corrected chi connectivity index (χ0v) is 12.7. The summed E-state index contributed by atoms with van der Waals surface area (Å²) in [6.45, 7) is 5.88. The largest absolute Gasteiger partial charge is 0.464 e. The third kappa shape index (κ3) is 7.56. The molecular formula is C16H31NO2. The Morgan fingerprint density at radius 3 is 2.63 bits per heavy atom. The smallest absolute Gasteiger partial charge is 0.306 e. The van der Waals surface area contributed by atoms with Crippen molar-refractivity contribution in [1.82, 2.24) is 5.32 Å². The van der Waals surface area contributed by atoms with Gasteiger partial charge in [0.15, 0.2) is 0 Å². The summed E-state index contributed by atoms with van der Waals surface area (Å²) in [7, 11) is 0. The molecule has 1 fully saturated rings. The van der Waals surface area contributed by atoms with E-state index in [1.165, 1.54) is 44.9 Å². The number of nitrogens with one attached hydrogen (secondary N) is 1. The summed E-state index contributed by atoms with van der Waals surface area (Å²) in [4.78, 5) is 11.8. The lowest BCUT2D eigenvalue weighted by molar-refractivity contribution is -0.145. The molecule has 0 bridgehead atoms. The molecule has 0 radical (unpaired) electrons. The Kier molecular flexibility index (Phi) is 8.89. The van der Waals surface area contributed by atoms with Crippen LogP contribution in [0.5, 0.6) is 0 Å². The first-order valence-electron chi connectivity index (χ1n) is 8.15. The Morgan fingerprint density at radius 1 is 1.26 bits per heavy atom. The molecule has 19 heavy (non-hydrogen) atoms. The SMILES string of the molecule is CCCCNC(CC)COC(=O)CC1CCCCC1. The zero-order valence-electron chi connectivity index (χ0n) is 12.7. The van der Waals surface area contributed by atoms with E-state index in [4.69, 9.17) is 4.74 Å². The number of esters is 1. The van der Waals surface area contributed by atoms with E-state index in [9.17, 15) is 4.79 Å². The Balaban J connectivity index is 2.12. The fourth-order valence-corrected chi connectivity index (χ4v) is 2.68. The first-order chi connectivity index (χ1) is 9.26. The molecule has 0 saturated heterocycles. The molecule has 0 aromatic heterocycles. The summed E-state index contributed by atoms with van der Waals surface area (Å²) in [5.74, 6) is 0.581. The molecule has 0 amide bonds. The monoisotopic (exact) mass is 269 g/mol. The summed E-state index contributed by atoms with van der Waals surface area (Å²) < 4.78 is 5.43. The van der Waals surface area contributed by atoms with Gasteiger partial charge in [-0.15, -0.1) is 0 Å². The second kappa shape index (κ2) is 10.2. The van der Waals surface area contributed by atoms with Gasteiger partial charge < -0.3 is 10.1 Å². The maximum absolute atomic E-state index is 11.8. The maximum atomic E-state index is 11.8. The van der Waals surface area contributed by atoms with Crippen molar-refractivity contribution in [3.63, 3.8) is 0 Å². The lowest BCUT2D eigenvalue weighted by atomic mass is 9.87. The predicted molar refractivity (Wildman–Crippen MR) is 79.1 cm³/mol. The average Bonchev–Trinajstić information content (AvgIpc) is 2.44. The molecule has 1 saturated carbocycles. The van der Waals surface area contributed by atoms with Crippen LogP contribution in [0.1, 0.15) is 71.6 Å². The molecular weight excluding hydrogens is 238 g/mol. The highest BCUT2D eigenvalue weighted by atomic mass is 16.5. The molecule has 0 heterocycles. The summed E-state index contributed by atoms with van der Waals surface area (Å²) >= 11 is 0. The van der Waals surface area contributed by atoms with Crippen LogP contribution in [0.3, 0.4) is 0 Å². The van der Waals surface area contributed by atoms with Gasteiger partial charge in [0.2, 0.25) is 0 Å². The molecule has 112 valence electrons. The molecule has 1 aliphatic rings. The van der Waals surface area contributed by atoms with Gasteiger partial charge in [-0.25, -0.2) is 0 Å². The van der Waals surface area contributed by atoms with Crippen molar-refractivity contribution in [2.75, 3.05) is 13.2 Å². The van der Waals surface area contributed by atoms with E-state index in [2.05, 4.69) is 19.2 Å². The quantitative estimate of drug-likeness (QED) is 0.513. The van der Waals surface area contributed by atoms with Crippen molar-refractivity contribution in [3.05, 3.63) is 0 Å². The van der Waals surface area contributed by atoms with Gasteiger partial charge in [0.1, 0.15) is 6.61 Å². The molecule has 1 rings (SSSR count). The summed E-state index contributed by atoms with van der Waals surface area (Å²) in [6, 6.07) is 0.321. The summed E-state index contributed by atoms with van der Waals surface area (Å²) in [6.07, 6.45) is 10.4. The van der Waals surface area contributed by atoms with Crippen molar-refractivity contribution in [2.24, 2.45) is 5.92 Å². The van der Waals surface area contributed by atoms with Crippen LogP contribution >= 0.6 is 0 Å². The van der Waals surface area contributed by atoms with Gasteiger partial charge in [-0.2, -0.15) is 0 Å². The number of hydrogen-bond donors (Lipinski definition) is 1. The highest BCUT2D eigenvalue weighted by Crippen LogP contribution is 2.26. The number of carbonyl (C=O) groups is 1. The van der Waals surface area contributed by atoms with E-state index in [1.807, 2.05) is 0 Å². The molecule has 3 heteroatoms. The fraction of sp³-hybridized carbons (Fsp3) is 0.938. The van der Waals surface area contributed by atoms with E-state index < -0.39 is 0 Å². The molecule has 1 N–H and O–H groups in total. The average molecular weight is 269 g/mol. The number of unbranched alkanes of at least 4 members (excludes halogenated alkanes) is 1. The van der Waals surface area contributed by atoms with E-state index in [-0.39, 0.29) is 5.97 Å². The topological polar surface area (TPSA) is 38.3 Å². The molecule has 1 unspecified atom stereocenters. The van der Waals surface area contributed by atoms with Crippen LogP contribution in [0, 0.1) is 5.92 Å². The zero-order chi connectivity index (χ0) is 13.9. The molecule has 3 nitrogen and oxygen atoms in total. The van der Waals surface area contributed by atoms with Crippen LogP contribution in [-0.2, 0) is 9.53 Å². The number of hydrogen-bond acceptors (Lipinski definition) is 3. The Bertz CT molecular complexity index is 237. The molecule has 1 atom stereocenters. The minimum absolute atomic E-state index is 0.00245. The molecule has 0 aromatic rings. The van der Waals surface area contributed by atoms with Crippen LogP contribution < -0.4 is 5.32 Å². The van der Waals surface area contributed by atoms with E-state index in [0.717, 1.165) is 13.0 Å². The third-order valence-electron chi connectivity index (χ3n) is 4.08. The first-order valence-corrected chi connectivity index (χ1v) is 8.15. The van der Waals surface area contributed by atoms with Crippen molar-refractivity contribution in [3.8, 4) is 0 Å². The van der Waals surface area contributed by atoms with Gasteiger partial charge >= 0.3 is 5.97 Å². The Hall–Kier alpha value is -0.570. The number of carbonyl (C=O) groups excluding carboxylic acids is 1. The van der Waals surface area contributed by atoms with Crippen molar-refractivity contribution >= 4 is 5.97 Å². The van der Waals surface area contributed by atoms with Crippen molar-refractivity contribution in [1.29, 1.82) is 0 Å². The summed E-state index contributed by atoms with van der Waals surface area (Å²) in [5, 5.41) is 3.45.